The molecule has 0 radical (unpaired) electrons. The molecule has 119 heavy (non-hydrogen) atoms. The number of aldehydes is 2. The van der Waals surface area contributed by atoms with Gasteiger partial charge in [-0.15, -0.1) is 56.7 Å². The van der Waals surface area contributed by atoms with Crippen LogP contribution in [0.25, 0.3) is 50.5 Å². The average Bonchev–Trinajstić information content (AvgIpc) is 1.48. The molecular formula is C112H156O2S5. The molecule has 0 spiro atoms. The van der Waals surface area contributed by atoms with Crippen LogP contribution in [0.1, 0.15) is 462 Å². The van der Waals surface area contributed by atoms with E-state index in [-0.39, 0.29) is 0 Å². The lowest BCUT2D eigenvalue weighted by molar-refractivity contribution is -0.104. The van der Waals surface area contributed by atoms with Gasteiger partial charge in [-0.05, 0) is 211 Å². The van der Waals surface area contributed by atoms with Gasteiger partial charge in [-0.3, -0.25) is 9.59 Å². The molecule has 9 aromatic rings. The number of aryl methyl sites for hydroxylation is 8. The number of hydrogen-bond donors (Lipinski definition) is 0. The summed E-state index contributed by atoms with van der Waals surface area (Å²) in [6.07, 6.45) is 80.0. The molecule has 0 saturated carbocycles. The van der Waals surface area contributed by atoms with Crippen LogP contribution in [0.5, 0.6) is 0 Å². The van der Waals surface area contributed by atoms with Gasteiger partial charge in [0.05, 0.1) is 44.4 Å². The van der Waals surface area contributed by atoms with Crippen LogP contribution in [0.15, 0.2) is 97.1 Å². The number of thiophene rings is 5. The van der Waals surface area contributed by atoms with Crippen LogP contribution in [0.4, 0.5) is 0 Å². The van der Waals surface area contributed by atoms with E-state index in [2.05, 4.69) is 186 Å². The summed E-state index contributed by atoms with van der Waals surface area (Å²) in [6.45, 7) is 18.8. The summed E-state index contributed by atoms with van der Waals surface area (Å²) in [4.78, 5) is 33.4. The molecule has 0 atom stereocenters. The Morgan fingerprint density at radius 2 is 0.462 bits per heavy atom. The highest BCUT2D eigenvalue weighted by atomic mass is 32.1. The Kier molecular flexibility index (Phi) is 40.6. The van der Waals surface area contributed by atoms with E-state index in [0.29, 0.717) is 0 Å². The normalized spacial score (nSPS) is 13.4. The van der Waals surface area contributed by atoms with Crippen molar-refractivity contribution < 1.29 is 9.59 Å². The molecule has 5 aromatic heterocycles. The van der Waals surface area contributed by atoms with Crippen molar-refractivity contribution in [2.24, 2.45) is 0 Å². The number of carbonyl (C=O) groups excluding carboxylic acids is 2. The van der Waals surface area contributed by atoms with Crippen molar-refractivity contribution >= 4 is 100 Å². The fraction of sp³-hybridized carbons (Fsp3) is 0.589. The van der Waals surface area contributed by atoms with Gasteiger partial charge in [0.1, 0.15) is 12.6 Å². The van der Waals surface area contributed by atoms with Crippen LogP contribution in [0.3, 0.4) is 0 Å². The van der Waals surface area contributed by atoms with Gasteiger partial charge in [0.2, 0.25) is 0 Å². The second kappa shape index (κ2) is 51.2. The molecule has 0 N–H and O–H groups in total. The summed E-state index contributed by atoms with van der Waals surface area (Å²) in [5.41, 5.74) is 22.7. The smallest absolute Gasteiger partial charge is 0.142 e. The maximum atomic E-state index is 12.8. The van der Waals surface area contributed by atoms with Gasteiger partial charge < -0.3 is 0 Å². The molecule has 0 saturated heterocycles. The molecule has 646 valence electrons. The van der Waals surface area contributed by atoms with E-state index in [1.165, 1.54) is 440 Å². The van der Waals surface area contributed by atoms with Crippen molar-refractivity contribution in [3.8, 4) is 19.5 Å². The monoisotopic (exact) mass is 1690 g/mol. The summed E-state index contributed by atoms with van der Waals surface area (Å²) >= 11 is 10.3. The second-order valence-electron chi connectivity index (χ2n) is 36.6. The maximum Gasteiger partial charge on any atom is 0.142 e. The first-order valence-electron chi connectivity index (χ1n) is 49.7. The summed E-state index contributed by atoms with van der Waals surface area (Å²) in [5, 5.41) is 0. The lowest BCUT2D eigenvalue weighted by Crippen LogP contribution is -2.30. The summed E-state index contributed by atoms with van der Waals surface area (Å²) in [5.74, 6) is 0. The molecule has 0 bridgehead atoms. The van der Waals surface area contributed by atoms with E-state index >= 15 is 0 Å². The van der Waals surface area contributed by atoms with E-state index in [0.717, 1.165) is 68.8 Å². The SMILES string of the molecule is CCCCCCCCc1cc(CCCCCCCC)cc(C2(c3cc(CCCCCCCC)cc(CCCCCCCC)c3)c3cc(/C=C/C=O)sc3-c3sc4c5c(sc4c32)-c2sc3cc(/C=C/C=O)sc3c2C5(c2cc(CCCCCCCC)cc(CCCCCCCC)c2)c2cc(CCCCCCCC)cc(CCCCCCCC)c2)c1. The van der Waals surface area contributed by atoms with Crippen molar-refractivity contribution in [2.45, 2.75) is 426 Å². The molecule has 2 nitrogen and oxygen atoms in total. The minimum absolute atomic E-state index is 0.658. The van der Waals surface area contributed by atoms with Gasteiger partial charge in [-0.2, -0.15) is 0 Å². The fourth-order valence-corrected chi connectivity index (χ4v) is 27.5. The van der Waals surface area contributed by atoms with Crippen LogP contribution in [0.2, 0.25) is 0 Å². The Balaban J connectivity index is 1.27. The Bertz CT molecular complexity index is 4260. The number of fused-ring (bicyclic) bond motifs is 11. The number of benzene rings is 4. The highest BCUT2D eigenvalue weighted by Crippen LogP contribution is 2.72. The summed E-state index contributed by atoms with van der Waals surface area (Å²) < 4.78 is 5.73. The summed E-state index contributed by atoms with van der Waals surface area (Å²) in [6, 6.07) is 38.1. The molecule has 11 rings (SSSR count). The van der Waals surface area contributed by atoms with E-state index in [1.807, 2.05) is 22.7 Å². The molecule has 5 heterocycles. The van der Waals surface area contributed by atoms with Crippen LogP contribution >= 0.6 is 56.7 Å². The van der Waals surface area contributed by atoms with E-state index < -0.39 is 10.8 Å². The molecule has 0 fully saturated rings. The Morgan fingerprint density at radius 3 is 0.748 bits per heavy atom. The molecule has 2 aliphatic rings. The minimum atomic E-state index is -0.669. The molecular weight excluding hydrogens is 1540 g/mol. The zero-order valence-corrected chi connectivity index (χ0v) is 80.1. The molecule has 2 aliphatic carbocycles. The first-order valence-corrected chi connectivity index (χ1v) is 53.8. The first kappa shape index (κ1) is 94.4. The van der Waals surface area contributed by atoms with Crippen molar-refractivity contribution in [3.63, 3.8) is 0 Å². The quantitative estimate of drug-likeness (QED) is 0.0216. The highest BCUT2D eigenvalue weighted by Gasteiger charge is 2.56. The highest BCUT2D eigenvalue weighted by molar-refractivity contribution is 7.36. The Hall–Kier alpha value is -5.28. The average molecular weight is 1690 g/mol. The second-order valence-corrected chi connectivity index (χ2v) is 41.9. The lowest BCUT2D eigenvalue weighted by atomic mass is 9.65. The topological polar surface area (TPSA) is 34.1 Å². The number of carbonyl (C=O) groups is 2. The first-order chi connectivity index (χ1) is 58.6. The summed E-state index contributed by atoms with van der Waals surface area (Å²) in [7, 11) is 0. The van der Waals surface area contributed by atoms with Gasteiger partial charge in [-0.25, -0.2) is 0 Å². The van der Waals surface area contributed by atoms with Crippen molar-refractivity contribution in [1.29, 1.82) is 0 Å². The molecule has 0 unspecified atom stereocenters. The third kappa shape index (κ3) is 25.1. The Labute approximate surface area is 745 Å². The zero-order chi connectivity index (χ0) is 83.3. The van der Waals surface area contributed by atoms with Gasteiger partial charge in [0.25, 0.3) is 0 Å². The third-order valence-electron chi connectivity index (χ3n) is 26.8. The molecule has 4 aromatic carbocycles. The Morgan fingerprint density at radius 1 is 0.227 bits per heavy atom. The number of rotatable bonds is 64. The largest absolute Gasteiger partial charge is 0.299 e. The van der Waals surface area contributed by atoms with E-state index in [9.17, 15) is 9.59 Å². The van der Waals surface area contributed by atoms with Gasteiger partial charge in [-0.1, -0.05) is 385 Å². The van der Waals surface area contributed by atoms with Crippen LogP contribution < -0.4 is 0 Å². The predicted octanol–water partition coefficient (Wildman–Crippen LogP) is 36.7. The predicted molar refractivity (Wildman–Crippen MR) is 532 cm³/mol. The van der Waals surface area contributed by atoms with Gasteiger partial charge in [0, 0.05) is 31.1 Å². The number of hydrogen-bond acceptors (Lipinski definition) is 7. The van der Waals surface area contributed by atoms with Gasteiger partial charge in [0.15, 0.2) is 0 Å². The standard InChI is InChI=1S/C112H156O2S5/c1-9-17-25-33-41-49-59-85-71-86(60-50-42-34-26-18-10-2)76-93(75-85)111(94-77-87(61-51-43-35-27-19-11-3)72-88(78-94)62-52-44-36-28-20-12-4)99-83-97(67-57-69-113)115-104(99)106-102(111)108-110(118-106)103-109(119-108)107-101(105-100(117-107)84-98(116-105)68-58-70-114)112(103,95-79-89(63-53-45-37-29-21-13-5)73-90(80-95)64-54-46-38-30-22-14-6)96-81-91(65-55-47-39-31-23-15-7)74-92(82-96)66-56-48-40-32-24-16-8/h57-58,67-84H,9-56,59-66H2,1-8H3/b67-57+,68-58+. The fourth-order valence-electron chi connectivity index (χ4n) is 20.3. The van der Waals surface area contributed by atoms with Crippen molar-refractivity contribution in [2.75, 3.05) is 0 Å². The maximum absolute atomic E-state index is 12.8. The molecule has 0 aliphatic heterocycles. The molecule has 7 heteroatoms. The lowest BCUT2D eigenvalue weighted by Gasteiger charge is -2.35. The van der Waals surface area contributed by atoms with E-state index in [4.69, 9.17) is 0 Å². The zero-order valence-electron chi connectivity index (χ0n) is 76.0. The minimum Gasteiger partial charge on any atom is -0.299 e. The van der Waals surface area contributed by atoms with Gasteiger partial charge >= 0.3 is 0 Å². The van der Waals surface area contributed by atoms with Crippen molar-refractivity contribution in [3.05, 3.63) is 196 Å². The molecule has 0 amide bonds. The van der Waals surface area contributed by atoms with Crippen LogP contribution in [-0.2, 0) is 71.8 Å². The van der Waals surface area contributed by atoms with Crippen LogP contribution in [-0.4, -0.2) is 12.6 Å². The third-order valence-corrected chi connectivity index (χ3v) is 33.1. The number of unbranched alkanes of at least 4 members (excludes halogenated alkanes) is 40. The number of allylic oxidation sites excluding steroid dienone is 2. The van der Waals surface area contributed by atoms with E-state index in [1.54, 1.807) is 12.2 Å². The van der Waals surface area contributed by atoms with Crippen LogP contribution in [0, 0.1) is 0 Å². The van der Waals surface area contributed by atoms with Crippen molar-refractivity contribution in [1.82, 2.24) is 0 Å².